The molecule has 2 atom stereocenters. The van der Waals surface area contributed by atoms with Gasteiger partial charge in [-0.05, 0) is 29.2 Å². The molecule has 3 rings (SSSR count). The van der Waals surface area contributed by atoms with Crippen molar-refractivity contribution in [3.63, 3.8) is 0 Å². The molecular formula is C15H18F3NO. The highest BCUT2D eigenvalue weighted by Gasteiger charge is 2.41. The maximum Gasteiger partial charge on any atom is 0.416 e. The minimum absolute atomic E-state index is 0.0143. The normalized spacial score (nSPS) is 25.4. The molecule has 1 fully saturated rings. The first-order chi connectivity index (χ1) is 9.50. The van der Waals surface area contributed by atoms with Gasteiger partial charge in [0.2, 0.25) is 0 Å². The van der Waals surface area contributed by atoms with Crippen LogP contribution in [0.5, 0.6) is 0 Å². The first-order valence-corrected chi connectivity index (χ1v) is 7.06. The molecule has 1 aromatic rings. The summed E-state index contributed by atoms with van der Waals surface area (Å²) in [6.07, 6.45) is -2.77. The summed E-state index contributed by atoms with van der Waals surface area (Å²) in [5, 5.41) is 3.21. The molecule has 2 heterocycles. The fourth-order valence-electron chi connectivity index (χ4n) is 3.26. The molecule has 110 valence electrons. The Hall–Kier alpha value is -1.07. The van der Waals surface area contributed by atoms with E-state index in [1.165, 1.54) is 6.07 Å². The Morgan fingerprint density at radius 1 is 1.30 bits per heavy atom. The van der Waals surface area contributed by atoms with Gasteiger partial charge >= 0.3 is 6.18 Å². The van der Waals surface area contributed by atoms with Crippen LogP contribution >= 0.6 is 0 Å². The Kier molecular flexibility index (Phi) is 3.50. The second kappa shape index (κ2) is 5.04. The van der Waals surface area contributed by atoms with Crippen molar-refractivity contribution in [3.05, 3.63) is 34.4 Å². The summed E-state index contributed by atoms with van der Waals surface area (Å²) in [4.78, 5) is 0. The van der Waals surface area contributed by atoms with Gasteiger partial charge in [-0.2, -0.15) is 13.2 Å². The van der Waals surface area contributed by atoms with Gasteiger partial charge in [0.1, 0.15) is 0 Å². The van der Waals surface area contributed by atoms with Crippen LogP contribution in [-0.2, 0) is 23.9 Å². The number of rotatable bonds is 2. The standard InChI is InChI=1S/C15H18F3NO/c1-2-3-9-4-10-11-6-19-7-14(11)20-8-12(10)13(5-9)15(16,17)18/h4-5,11,14,19H,2-3,6-8H2,1H3/t11-,14-/m0/s1. The Labute approximate surface area is 116 Å². The highest BCUT2D eigenvalue weighted by Crippen LogP contribution is 2.41. The number of benzene rings is 1. The lowest BCUT2D eigenvalue weighted by molar-refractivity contribution is -0.139. The van der Waals surface area contributed by atoms with E-state index in [0.717, 1.165) is 24.1 Å². The quantitative estimate of drug-likeness (QED) is 0.900. The SMILES string of the molecule is CCCc1cc2c(c(C(F)(F)F)c1)CO[C@H]1CNC[C@@H]21. The van der Waals surface area contributed by atoms with Crippen LogP contribution in [0.4, 0.5) is 13.2 Å². The van der Waals surface area contributed by atoms with E-state index < -0.39 is 11.7 Å². The van der Waals surface area contributed by atoms with Gasteiger partial charge in [-0.15, -0.1) is 0 Å². The Morgan fingerprint density at radius 2 is 2.10 bits per heavy atom. The zero-order chi connectivity index (χ0) is 14.3. The van der Waals surface area contributed by atoms with E-state index in [4.69, 9.17) is 4.74 Å². The van der Waals surface area contributed by atoms with Crippen LogP contribution in [0.1, 0.15) is 41.5 Å². The van der Waals surface area contributed by atoms with Gasteiger partial charge in [0.15, 0.2) is 0 Å². The molecule has 0 spiro atoms. The number of ether oxygens (including phenoxy) is 1. The van der Waals surface area contributed by atoms with Gasteiger partial charge in [-0.25, -0.2) is 0 Å². The van der Waals surface area contributed by atoms with Gasteiger partial charge in [0.25, 0.3) is 0 Å². The van der Waals surface area contributed by atoms with E-state index in [0.29, 0.717) is 18.5 Å². The number of halogens is 3. The molecule has 0 aromatic heterocycles. The largest absolute Gasteiger partial charge is 0.416 e. The summed E-state index contributed by atoms with van der Waals surface area (Å²) in [5.74, 6) is 0.0525. The molecule has 1 saturated heterocycles. The minimum Gasteiger partial charge on any atom is -0.372 e. The lowest BCUT2D eigenvalue weighted by atomic mass is 9.85. The second-order valence-electron chi connectivity index (χ2n) is 5.57. The molecule has 2 nitrogen and oxygen atoms in total. The highest BCUT2D eigenvalue weighted by atomic mass is 19.4. The minimum atomic E-state index is -4.31. The van der Waals surface area contributed by atoms with Crippen LogP contribution in [0, 0.1) is 0 Å². The molecule has 2 aliphatic rings. The molecule has 1 N–H and O–H groups in total. The molecule has 1 aromatic carbocycles. The van der Waals surface area contributed by atoms with Crippen molar-refractivity contribution in [2.45, 2.75) is 44.6 Å². The molecule has 0 amide bonds. The van der Waals surface area contributed by atoms with Crippen LogP contribution in [-0.4, -0.2) is 19.2 Å². The highest BCUT2D eigenvalue weighted by molar-refractivity contribution is 5.45. The molecule has 0 bridgehead atoms. The lowest BCUT2D eigenvalue weighted by Gasteiger charge is -2.30. The van der Waals surface area contributed by atoms with E-state index in [9.17, 15) is 13.2 Å². The maximum atomic E-state index is 13.3. The number of fused-ring (bicyclic) bond motifs is 3. The van der Waals surface area contributed by atoms with Crippen LogP contribution in [0.15, 0.2) is 12.1 Å². The van der Waals surface area contributed by atoms with Crippen LogP contribution < -0.4 is 5.32 Å². The second-order valence-corrected chi connectivity index (χ2v) is 5.57. The van der Waals surface area contributed by atoms with Crippen molar-refractivity contribution in [1.82, 2.24) is 5.32 Å². The monoisotopic (exact) mass is 285 g/mol. The van der Waals surface area contributed by atoms with E-state index in [1.54, 1.807) is 0 Å². The molecule has 0 unspecified atom stereocenters. The van der Waals surface area contributed by atoms with Crippen molar-refractivity contribution >= 4 is 0 Å². The molecular weight excluding hydrogens is 267 g/mol. The summed E-state index contributed by atoms with van der Waals surface area (Å²) in [7, 11) is 0. The third kappa shape index (κ3) is 2.33. The van der Waals surface area contributed by atoms with Crippen molar-refractivity contribution in [3.8, 4) is 0 Å². The molecule has 5 heteroatoms. The molecule has 0 aliphatic carbocycles. The predicted octanol–water partition coefficient (Wildman–Crippen LogP) is 3.24. The predicted molar refractivity (Wildman–Crippen MR) is 69.6 cm³/mol. The number of aryl methyl sites for hydroxylation is 1. The molecule has 0 radical (unpaired) electrons. The molecule has 2 aliphatic heterocycles. The van der Waals surface area contributed by atoms with Gasteiger partial charge in [-0.3, -0.25) is 0 Å². The Bertz CT molecular complexity index is 513. The van der Waals surface area contributed by atoms with Gasteiger partial charge in [-0.1, -0.05) is 19.4 Å². The van der Waals surface area contributed by atoms with Crippen LogP contribution in [0.25, 0.3) is 0 Å². The van der Waals surface area contributed by atoms with E-state index in [1.807, 2.05) is 13.0 Å². The Morgan fingerprint density at radius 3 is 2.80 bits per heavy atom. The fraction of sp³-hybridized carbons (Fsp3) is 0.600. The zero-order valence-corrected chi connectivity index (χ0v) is 11.4. The third-order valence-corrected chi connectivity index (χ3v) is 4.19. The van der Waals surface area contributed by atoms with Crippen molar-refractivity contribution in [2.24, 2.45) is 0 Å². The molecule has 20 heavy (non-hydrogen) atoms. The number of nitrogens with one attached hydrogen (secondary N) is 1. The maximum absolute atomic E-state index is 13.3. The van der Waals surface area contributed by atoms with E-state index in [-0.39, 0.29) is 18.6 Å². The summed E-state index contributed by atoms with van der Waals surface area (Å²) in [6.45, 7) is 3.48. The van der Waals surface area contributed by atoms with Crippen molar-refractivity contribution in [2.75, 3.05) is 13.1 Å². The van der Waals surface area contributed by atoms with E-state index in [2.05, 4.69) is 5.32 Å². The number of hydrogen-bond donors (Lipinski definition) is 1. The van der Waals surface area contributed by atoms with E-state index >= 15 is 0 Å². The Balaban J connectivity index is 2.12. The van der Waals surface area contributed by atoms with Crippen LogP contribution in [0.2, 0.25) is 0 Å². The topological polar surface area (TPSA) is 21.3 Å². The first kappa shape index (κ1) is 13.9. The summed E-state index contributed by atoms with van der Waals surface area (Å²) in [6, 6.07) is 3.26. The van der Waals surface area contributed by atoms with Crippen LogP contribution in [0.3, 0.4) is 0 Å². The first-order valence-electron chi connectivity index (χ1n) is 7.06. The van der Waals surface area contributed by atoms with Gasteiger partial charge in [0, 0.05) is 19.0 Å². The van der Waals surface area contributed by atoms with Crippen molar-refractivity contribution < 1.29 is 17.9 Å². The van der Waals surface area contributed by atoms with Crippen molar-refractivity contribution in [1.29, 1.82) is 0 Å². The average molecular weight is 285 g/mol. The zero-order valence-electron chi connectivity index (χ0n) is 11.4. The number of hydrogen-bond acceptors (Lipinski definition) is 2. The lowest BCUT2D eigenvalue weighted by Crippen LogP contribution is -2.29. The summed E-state index contributed by atoms with van der Waals surface area (Å²) < 4.78 is 45.4. The number of alkyl halides is 3. The smallest absolute Gasteiger partial charge is 0.372 e. The summed E-state index contributed by atoms with van der Waals surface area (Å²) >= 11 is 0. The molecule has 0 saturated carbocycles. The average Bonchev–Trinajstić information content (AvgIpc) is 2.85. The summed E-state index contributed by atoms with van der Waals surface area (Å²) in [5.41, 5.74) is 1.45. The van der Waals surface area contributed by atoms with Gasteiger partial charge < -0.3 is 10.1 Å². The van der Waals surface area contributed by atoms with Gasteiger partial charge in [0.05, 0.1) is 18.3 Å². The fourth-order valence-corrected chi connectivity index (χ4v) is 3.26. The third-order valence-electron chi connectivity index (χ3n) is 4.19.